The fraction of sp³-hybridized carbons (Fsp3) is 0.619. The first kappa shape index (κ1) is 21.3. The lowest BCUT2D eigenvalue weighted by Crippen LogP contribution is -2.81. The molecule has 3 rings (SSSR count). The molecule has 1 spiro atoms. The minimum atomic E-state index is -3.08. The molecule has 1 aromatic rings. The summed E-state index contributed by atoms with van der Waals surface area (Å²) in [6.07, 6.45) is -0.418. The third kappa shape index (κ3) is 4.46. The monoisotopic (exact) mass is 410 g/mol. The number of benzene rings is 1. The van der Waals surface area contributed by atoms with Crippen LogP contribution in [0.3, 0.4) is 0 Å². The Balaban J connectivity index is 1.64. The van der Waals surface area contributed by atoms with Crippen LogP contribution in [-0.2, 0) is 15.9 Å². The van der Waals surface area contributed by atoms with Crippen molar-refractivity contribution in [2.45, 2.75) is 57.1 Å². The third-order valence-corrected chi connectivity index (χ3v) is 5.36. The van der Waals surface area contributed by atoms with Gasteiger partial charge in [0.2, 0.25) is 0 Å². The van der Waals surface area contributed by atoms with Gasteiger partial charge in [-0.2, -0.15) is 0 Å². The van der Waals surface area contributed by atoms with Gasteiger partial charge in [0.15, 0.2) is 0 Å². The minimum Gasteiger partial charge on any atom is -0.449 e. The zero-order chi connectivity index (χ0) is 21.3. The first-order valence-corrected chi connectivity index (χ1v) is 9.88. The van der Waals surface area contributed by atoms with Crippen molar-refractivity contribution < 1.29 is 27.8 Å². The van der Waals surface area contributed by atoms with Gasteiger partial charge in [0.25, 0.3) is 5.92 Å². The van der Waals surface area contributed by atoms with Gasteiger partial charge in [-0.3, -0.25) is 4.90 Å². The second kappa shape index (κ2) is 7.80. The number of piperidine rings is 1. The number of nitrogens with zero attached hydrogens (tertiary/aromatic N) is 2. The largest absolute Gasteiger partial charge is 0.449 e. The third-order valence-electron chi connectivity index (χ3n) is 5.36. The summed E-state index contributed by atoms with van der Waals surface area (Å²) in [6, 6.07) is 9.48. The zero-order valence-electron chi connectivity index (χ0n) is 17.1. The number of rotatable bonds is 3. The van der Waals surface area contributed by atoms with E-state index in [1.165, 1.54) is 4.90 Å². The van der Waals surface area contributed by atoms with Crippen LogP contribution in [0.4, 0.5) is 18.4 Å². The van der Waals surface area contributed by atoms with Crippen molar-refractivity contribution in [1.82, 2.24) is 9.80 Å². The molecular formula is C21H28F2N2O4. The molecule has 160 valence electrons. The molecule has 0 N–H and O–H groups in total. The van der Waals surface area contributed by atoms with Gasteiger partial charge in [-0.15, -0.1) is 0 Å². The Bertz CT molecular complexity index is 751. The van der Waals surface area contributed by atoms with E-state index in [9.17, 15) is 18.4 Å². The first-order valence-electron chi connectivity index (χ1n) is 9.88. The summed E-state index contributed by atoms with van der Waals surface area (Å²) in [6.45, 7) is 4.64. The van der Waals surface area contributed by atoms with Crippen LogP contribution >= 0.6 is 0 Å². The summed E-state index contributed by atoms with van der Waals surface area (Å²) in [5.41, 5.74) is -1.45. The summed E-state index contributed by atoms with van der Waals surface area (Å²) in [7, 11) is 0. The molecule has 0 radical (unpaired) electrons. The quantitative estimate of drug-likeness (QED) is 0.753. The van der Waals surface area contributed by atoms with Crippen molar-refractivity contribution in [1.29, 1.82) is 0 Å². The maximum atomic E-state index is 14.6. The molecular weight excluding hydrogens is 382 g/mol. The Morgan fingerprint density at radius 2 is 1.79 bits per heavy atom. The van der Waals surface area contributed by atoms with E-state index in [0.29, 0.717) is 19.4 Å². The first-order chi connectivity index (χ1) is 13.5. The predicted octanol–water partition coefficient (Wildman–Crippen LogP) is 4.09. The van der Waals surface area contributed by atoms with Crippen molar-refractivity contribution >= 4 is 12.2 Å². The summed E-state index contributed by atoms with van der Waals surface area (Å²) >= 11 is 0. The van der Waals surface area contributed by atoms with Crippen molar-refractivity contribution in [2.24, 2.45) is 0 Å². The topological polar surface area (TPSA) is 59.1 Å². The number of carbonyl (C=O) groups is 2. The van der Waals surface area contributed by atoms with Gasteiger partial charge in [0, 0.05) is 13.0 Å². The average molecular weight is 410 g/mol. The van der Waals surface area contributed by atoms with Crippen LogP contribution in [0, 0.1) is 0 Å². The smallest absolute Gasteiger partial charge is 0.410 e. The molecule has 2 aliphatic rings. The van der Waals surface area contributed by atoms with Crippen LogP contribution < -0.4 is 0 Å². The Morgan fingerprint density at radius 3 is 2.41 bits per heavy atom. The molecule has 1 aromatic carbocycles. The van der Waals surface area contributed by atoms with Crippen LogP contribution in [0.2, 0.25) is 0 Å². The molecule has 1 atom stereocenters. The van der Waals surface area contributed by atoms with Crippen LogP contribution in [0.5, 0.6) is 0 Å². The van der Waals surface area contributed by atoms with Gasteiger partial charge in [-0.1, -0.05) is 30.3 Å². The number of hydrogen-bond acceptors (Lipinski definition) is 4. The van der Waals surface area contributed by atoms with E-state index < -0.39 is 35.8 Å². The lowest BCUT2D eigenvalue weighted by molar-refractivity contribution is -0.245. The fourth-order valence-electron chi connectivity index (χ4n) is 3.86. The molecule has 1 unspecified atom stereocenters. The number of carbonyl (C=O) groups excluding carboxylic acids is 2. The Labute approximate surface area is 169 Å². The molecule has 6 nitrogen and oxygen atoms in total. The number of likely N-dealkylation sites (tertiary alicyclic amines) is 2. The van der Waals surface area contributed by atoms with E-state index in [0.717, 1.165) is 10.5 Å². The molecule has 0 aliphatic carbocycles. The molecule has 0 aromatic heterocycles. The molecule has 2 saturated heterocycles. The number of amides is 2. The standard InChI is InChI=1S/C21H28F2N2O4/c1-19(2,3)29-17(26)24-12-7-11-20(14-24)21(22,23)15-25(20)18(27)28-13-10-16-8-5-4-6-9-16/h4-6,8-9H,7,10-15H2,1-3H3. The molecule has 0 bridgehead atoms. The zero-order valence-corrected chi connectivity index (χ0v) is 17.1. The van der Waals surface area contributed by atoms with Gasteiger partial charge in [-0.25, -0.2) is 18.4 Å². The summed E-state index contributed by atoms with van der Waals surface area (Å²) in [5.74, 6) is -3.08. The normalized spacial score (nSPS) is 23.5. The Hall–Kier alpha value is -2.38. The SMILES string of the molecule is CC(C)(C)OC(=O)N1CCCC2(C1)N(C(=O)OCCc1ccccc1)CC2(F)F. The highest BCUT2D eigenvalue weighted by Gasteiger charge is 2.70. The average Bonchev–Trinajstić information content (AvgIpc) is 2.65. The van der Waals surface area contributed by atoms with Gasteiger partial charge < -0.3 is 14.4 Å². The van der Waals surface area contributed by atoms with Gasteiger partial charge in [-0.05, 0) is 39.2 Å². The fourth-order valence-corrected chi connectivity index (χ4v) is 3.86. The summed E-state index contributed by atoms with van der Waals surface area (Å²) in [4.78, 5) is 27.2. The second-order valence-corrected chi connectivity index (χ2v) is 8.68. The van der Waals surface area contributed by atoms with E-state index in [-0.39, 0.29) is 19.6 Å². The molecule has 0 saturated carbocycles. The van der Waals surface area contributed by atoms with E-state index in [2.05, 4.69) is 0 Å². The Morgan fingerprint density at radius 1 is 1.10 bits per heavy atom. The van der Waals surface area contributed by atoms with E-state index in [4.69, 9.17) is 9.47 Å². The highest BCUT2D eigenvalue weighted by atomic mass is 19.3. The molecule has 2 aliphatic heterocycles. The van der Waals surface area contributed by atoms with E-state index in [1.54, 1.807) is 20.8 Å². The summed E-state index contributed by atoms with van der Waals surface area (Å²) < 4.78 is 39.8. The van der Waals surface area contributed by atoms with Crippen molar-refractivity contribution in [3.8, 4) is 0 Å². The highest BCUT2D eigenvalue weighted by Crippen LogP contribution is 2.50. The second-order valence-electron chi connectivity index (χ2n) is 8.68. The molecule has 2 fully saturated rings. The maximum Gasteiger partial charge on any atom is 0.410 e. The van der Waals surface area contributed by atoms with Gasteiger partial charge in [0.05, 0.1) is 19.7 Å². The number of halogens is 2. The maximum absolute atomic E-state index is 14.6. The van der Waals surface area contributed by atoms with Crippen molar-refractivity contribution in [2.75, 3.05) is 26.2 Å². The molecule has 2 amide bonds. The van der Waals surface area contributed by atoms with Crippen LogP contribution in [-0.4, -0.2) is 65.3 Å². The van der Waals surface area contributed by atoms with Crippen LogP contribution in [0.15, 0.2) is 30.3 Å². The number of ether oxygens (including phenoxy) is 2. The highest BCUT2D eigenvalue weighted by molar-refractivity contribution is 5.72. The predicted molar refractivity (Wildman–Crippen MR) is 103 cm³/mol. The number of hydrogen-bond donors (Lipinski definition) is 0. The minimum absolute atomic E-state index is 0.108. The van der Waals surface area contributed by atoms with Crippen LogP contribution in [0.1, 0.15) is 39.2 Å². The number of alkyl halides is 2. The van der Waals surface area contributed by atoms with Gasteiger partial charge >= 0.3 is 12.2 Å². The van der Waals surface area contributed by atoms with Gasteiger partial charge in [0.1, 0.15) is 11.1 Å². The lowest BCUT2D eigenvalue weighted by atomic mass is 9.74. The lowest BCUT2D eigenvalue weighted by Gasteiger charge is -2.60. The van der Waals surface area contributed by atoms with Crippen molar-refractivity contribution in [3.05, 3.63) is 35.9 Å². The van der Waals surface area contributed by atoms with Crippen molar-refractivity contribution in [3.63, 3.8) is 0 Å². The molecule has 2 heterocycles. The van der Waals surface area contributed by atoms with E-state index >= 15 is 0 Å². The molecule has 29 heavy (non-hydrogen) atoms. The summed E-state index contributed by atoms with van der Waals surface area (Å²) in [5, 5.41) is 0. The van der Waals surface area contributed by atoms with Crippen LogP contribution in [0.25, 0.3) is 0 Å². The Kier molecular flexibility index (Phi) is 5.74. The van der Waals surface area contributed by atoms with E-state index in [1.807, 2.05) is 30.3 Å². The molecule has 8 heteroatoms.